The second kappa shape index (κ2) is 9.59. The molecule has 1 aliphatic rings. The van der Waals surface area contributed by atoms with E-state index in [0.717, 1.165) is 20.8 Å². The van der Waals surface area contributed by atoms with Gasteiger partial charge in [-0.15, -0.1) is 0 Å². The normalized spacial score (nSPS) is 26.3. The maximum Gasteiger partial charge on any atom is 0.303 e. The number of rotatable bonds is 6. The Hall–Kier alpha value is -2.85. The van der Waals surface area contributed by atoms with E-state index in [-0.39, 0.29) is 12.5 Å². The molecule has 0 radical (unpaired) electrons. The average Bonchev–Trinajstić information content (AvgIpc) is 2.50. The van der Waals surface area contributed by atoms with E-state index in [1.807, 2.05) is 0 Å². The molecule has 0 spiro atoms. The van der Waals surface area contributed by atoms with E-state index in [2.05, 4.69) is 9.99 Å². The van der Waals surface area contributed by atoms with Crippen LogP contribution in [0.1, 0.15) is 27.7 Å². The molecule has 0 N–H and O–H groups in total. The lowest BCUT2D eigenvalue weighted by Crippen LogP contribution is -2.60. The lowest BCUT2D eigenvalue weighted by molar-refractivity contribution is -0.200. The molecule has 11 heteroatoms. The molecule has 146 valence electrons. The molecule has 1 rings (SSSR count). The van der Waals surface area contributed by atoms with Gasteiger partial charge < -0.3 is 28.5 Å². The summed E-state index contributed by atoms with van der Waals surface area (Å²) in [4.78, 5) is 50.2. The second-order valence-corrected chi connectivity index (χ2v) is 5.25. The molecule has 26 heavy (non-hydrogen) atoms. The Morgan fingerprint density at radius 2 is 1.42 bits per heavy atom. The molecule has 0 aromatic carbocycles. The molecule has 4 atom stereocenters. The molecule has 0 aliphatic carbocycles. The van der Waals surface area contributed by atoms with E-state index >= 15 is 0 Å². The third-order valence-corrected chi connectivity index (χ3v) is 3.03. The fourth-order valence-electron chi connectivity index (χ4n) is 2.26. The first-order chi connectivity index (χ1) is 12.1. The van der Waals surface area contributed by atoms with Gasteiger partial charge in [-0.1, -0.05) is 0 Å². The summed E-state index contributed by atoms with van der Waals surface area (Å²) in [5.41, 5.74) is 0. The Kier molecular flexibility index (Phi) is 7.81. The summed E-state index contributed by atoms with van der Waals surface area (Å²) in [6, 6.07) is 0. The minimum absolute atomic E-state index is 0.241. The number of esters is 4. The number of hydrogen-bond acceptors (Lipinski definition) is 11. The second-order valence-electron chi connectivity index (χ2n) is 5.25. The van der Waals surface area contributed by atoms with E-state index < -0.39 is 48.3 Å². The van der Waals surface area contributed by atoms with Crippen LogP contribution in [0.25, 0.3) is 0 Å². The van der Waals surface area contributed by atoms with Gasteiger partial charge in [0.15, 0.2) is 18.3 Å². The standard InChI is InChI=1S/C15H21NO10/c1-7(17)22-6-11-12(23-8(2)18)13(24-9(3)19)14(25-10(4)20)15(26-11)16-21-5/h11-14H,6H2,1-5H3/b16-15-/t11-,12-,13+,14-/m1/s1. The lowest BCUT2D eigenvalue weighted by atomic mass is 9.98. The van der Waals surface area contributed by atoms with Crippen LogP contribution in [0.3, 0.4) is 0 Å². The molecule has 0 saturated carbocycles. The van der Waals surface area contributed by atoms with Crippen LogP contribution < -0.4 is 0 Å². The molecule has 1 saturated heterocycles. The molecule has 1 heterocycles. The van der Waals surface area contributed by atoms with Crippen LogP contribution in [0.15, 0.2) is 5.16 Å². The van der Waals surface area contributed by atoms with Crippen LogP contribution in [0, 0.1) is 0 Å². The van der Waals surface area contributed by atoms with Gasteiger partial charge in [-0.3, -0.25) is 19.2 Å². The van der Waals surface area contributed by atoms with Crippen molar-refractivity contribution in [1.29, 1.82) is 0 Å². The molecule has 1 fully saturated rings. The van der Waals surface area contributed by atoms with Crippen molar-refractivity contribution in [2.24, 2.45) is 5.16 Å². The van der Waals surface area contributed by atoms with Crippen molar-refractivity contribution in [3.8, 4) is 0 Å². The largest absolute Gasteiger partial charge is 0.465 e. The summed E-state index contributed by atoms with van der Waals surface area (Å²) in [5, 5.41) is 3.61. The zero-order valence-corrected chi connectivity index (χ0v) is 15.0. The van der Waals surface area contributed by atoms with Crippen molar-refractivity contribution in [2.75, 3.05) is 13.7 Å². The molecule has 0 bridgehead atoms. The quantitative estimate of drug-likeness (QED) is 0.346. The first-order valence-electron chi connectivity index (χ1n) is 7.58. The van der Waals surface area contributed by atoms with Crippen molar-refractivity contribution >= 4 is 29.8 Å². The van der Waals surface area contributed by atoms with Crippen molar-refractivity contribution in [3.05, 3.63) is 0 Å². The average molecular weight is 375 g/mol. The van der Waals surface area contributed by atoms with Crippen LogP contribution >= 0.6 is 0 Å². The molecule has 0 unspecified atom stereocenters. The first-order valence-corrected chi connectivity index (χ1v) is 7.58. The third-order valence-electron chi connectivity index (χ3n) is 3.03. The molecular formula is C15H21NO10. The molecule has 0 amide bonds. The van der Waals surface area contributed by atoms with Crippen LogP contribution in [-0.4, -0.2) is 67.9 Å². The van der Waals surface area contributed by atoms with Gasteiger partial charge in [0, 0.05) is 27.7 Å². The SMILES string of the molecule is CO/N=C1\O[C@H](COC(C)=O)[C@@H](OC(C)=O)[C@H](OC(C)=O)[C@H]1OC(C)=O. The predicted molar refractivity (Wildman–Crippen MR) is 82.6 cm³/mol. The summed E-state index contributed by atoms with van der Waals surface area (Å²) in [5.74, 6) is -3.01. The van der Waals surface area contributed by atoms with E-state index in [9.17, 15) is 19.2 Å². The van der Waals surface area contributed by atoms with Crippen LogP contribution in [0.5, 0.6) is 0 Å². The zero-order chi connectivity index (χ0) is 19.9. The Bertz CT molecular complexity index is 587. The molecule has 0 aromatic rings. The van der Waals surface area contributed by atoms with Crippen molar-refractivity contribution in [2.45, 2.75) is 52.1 Å². The highest BCUT2D eigenvalue weighted by atomic mass is 16.7. The van der Waals surface area contributed by atoms with Gasteiger partial charge in [0.05, 0.1) is 0 Å². The summed E-state index contributed by atoms with van der Waals surface area (Å²) < 4.78 is 25.9. The van der Waals surface area contributed by atoms with Gasteiger partial charge in [-0.25, -0.2) is 0 Å². The topological polar surface area (TPSA) is 136 Å². The van der Waals surface area contributed by atoms with Gasteiger partial charge in [0.2, 0.25) is 6.10 Å². The lowest BCUT2D eigenvalue weighted by Gasteiger charge is -2.40. The number of carbonyl (C=O) groups excluding carboxylic acids is 4. The van der Waals surface area contributed by atoms with Gasteiger partial charge in [0.1, 0.15) is 13.7 Å². The molecule has 1 aliphatic heterocycles. The fraction of sp³-hybridized carbons (Fsp3) is 0.667. The van der Waals surface area contributed by atoms with Gasteiger partial charge >= 0.3 is 23.9 Å². The minimum atomic E-state index is -1.32. The van der Waals surface area contributed by atoms with Crippen LogP contribution in [0.2, 0.25) is 0 Å². The highest BCUT2D eigenvalue weighted by molar-refractivity contribution is 5.85. The monoisotopic (exact) mass is 375 g/mol. The number of ether oxygens (including phenoxy) is 5. The summed E-state index contributed by atoms with van der Waals surface area (Å²) >= 11 is 0. The highest BCUT2D eigenvalue weighted by Gasteiger charge is 2.51. The Morgan fingerprint density at radius 3 is 1.88 bits per heavy atom. The smallest absolute Gasteiger partial charge is 0.303 e. The van der Waals surface area contributed by atoms with E-state index in [1.165, 1.54) is 14.0 Å². The maximum atomic E-state index is 11.5. The molecule has 11 nitrogen and oxygen atoms in total. The van der Waals surface area contributed by atoms with Crippen LogP contribution in [-0.2, 0) is 47.7 Å². The van der Waals surface area contributed by atoms with Gasteiger partial charge in [-0.2, -0.15) is 0 Å². The summed E-state index contributed by atoms with van der Waals surface area (Å²) in [6.45, 7) is 4.23. The third kappa shape index (κ3) is 6.22. The van der Waals surface area contributed by atoms with Crippen molar-refractivity contribution in [1.82, 2.24) is 0 Å². The first kappa shape index (κ1) is 21.2. The number of nitrogens with zero attached hydrogens (tertiary/aromatic N) is 1. The van der Waals surface area contributed by atoms with E-state index in [0.29, 0.717) is 0 Å². The predicted octanol–water partition coefficient (Wildman–Crippen LogP) is -0.297. The maximum absolute atomic E-state index is 11.5. The summed E-state index contributed by atoms with van der Waals surface area (Å²) in [7, 11) is 1.22. The Morgan fingerprint density at radius 1 is 0.885 bits per heavy atom. The highest BCUT2D eigenvalue weighted by Crippen LogP contribution is 2.26. The number of oxime groups is 1. The minimum Gasteiger partial charge on any atom is -0.465 e. The molecule has 0 aromatic heterocycles. The number of carbonyl (C=O) groups is 4. The number of hydrogen-bond donors (Lipinski definition) is 0. The van der Waals surface area contributed by atoms with E-state index in [4.69, 9.17) is 23.7 Å². The van der Waals surface area contributed by atoms with Crippen molar-refractivity contribution < 1.29 is 47.7 Å². The van der Waals surface area contributed by atoms with Crippen LogP contribution in [0.4, 0.5) is 0 Å². The Labute approximate surface area is 149 Å². The molecular weight excluding hydrogens is 354 g/mol. The Balaban J connectivity index is 3.29. The summed E-state index contributed by atoms with van der Waals surface area (Å²) in [6.07, 6.45) is -4.92. The zero-order valence-electron chi connectivity index (χ0n) is 15.0. The van der Waals surface area contributed by atoms with Gasteiger partial charge in [0.25, 0.3) is 5.90 Å². The van der Waals surface area contributed by atoms with Crippen molar-refractivity contribution in [3.63, 3.8) is 0 Å². The van der Waals surface area contributed by atoms with Gasteiger partial charge in [-0.05, 0) is 5.16 Å². The van der Waals surface area contributed by atoms with E-state index in [1.54, 1.807) is 0 Å². The fourth-order valence-corrected chi connectivity index (χ4v) is 2.26.